The topological polar surface area (TPSA) is 148 Å². The summed E-state index contributed by atoms with van der Waals surface area (Å²) in [5.74, 6) is -2.53. The number of carboxylic acids is 1. The first-order valence-electron chi connectivity index (χ1n) is 4.93. The largest absolute Gasteiger partial charge is 0.480 e. The lowest BCUT2D eigenvalue weighted by Crippen LogP contribution is -2.41. The third-order valence-corrected chi connectivity index (χ3v) is 2.71. The summed E-state index contributed by atoms with van der Waals surface area (Å²) in [5, 5.41) is 12.7. The fourth-order valence-electron chi connectivity index (χ4n) is 1.17. The van der Waals surface area contributed by atoms with E-state index < -0.39 is 23.8 Å². The zero-order valence-corrected chi connectivity index (χ0v) is 10.1. The molecule has 98 valence electrons. The van der Waals surface area contributed by atoms with Gasteiger partial charge in [0.2, 0.25) is 5.91 Å². The number of hydrogen-bond acceptors (Lipinski definition) is 6. The highest BCUT2D eigenvalue weighted by Crippen LogP contribution is 2.11. The summed E-state index contributed by atoms with van der Waals surface area (Å²) in [5.41, 5.74) is 10.3. The minimum absolute atomic E-state index is 0.0443. The van der Waals surface area contributed by atoms with E-state index in [1.165, 1.54) is 5.38 Å². The number of amides is 2. The first kappa shape index (κ1) is 13.9. The van der Waals surface area contributed by atoms with Gasteiger partial charge < -0.3 is 21.9 Å². The van der Waals surface area contributed by atoms with Crippen LogP contribution >= 0.6 is 11.3 Å². The summed E-state index contributed by atoms with van der Waals surface area (Å²) in [7, 11) is 0. The molecule has 0 aliphatic carbocycles. The second-order valence-corrected chi connectivity index (χ2v) is 4.33. The SMILES string of the molecule is NC(=O)CCC(NC(=O)c1csc(N)n1)C(=O)O. The first-order valence-corrected chi connectivity index (χ1v) is 5.81. The molecule has 1 aromatic heterocycles. The Hall–Kier alpha value is -2.16. The summed E-state index contributed by atoms with van der Waals surface area (Å²) in [6.45, 7) is 0. The van der Waals surface area contributed by atoms with E-state index in [0.717, 1.165) is 11.3 Å². The minimum atomic E-state index is -1.24. The van der Waals surface area contributed by atoms with Gasteiger partial charge in [0.25, 0.3) is 5.91 Å². The average Bonchev–Trinajstić information content (AvgIpc) is 2.70. The highest BCUT2D eigenvalue weighted by atomic mass is 32.1. The van der Waals surface area contributed by atoms with Gasteiger partial charge in [0.1, 0.15) is 11.7 Å². The normalized spacial score (nSPS) is 11.8. The van der Waals surface area contributed by atoms with Gasteiger partial charge >= 0.3 is 5.97 Å². The summed E-state index contributed by atoms with van der Waals surface area (Å²) >= 11 is 1.07. The summed E-state index contributed by atoms with van der Waals surface area (Å²) in [6, 6.07) is -1.19. The molecule has 0 saturated carbocycles. The molecule has 0 saturated heterocycles. The molecule has 0 radical (unpaired) electrons. The number of hydrogen-bond donors (Lipinski definition) is 4. The van der Waals surface area contributed by atoms with Crippen LogP contribution < -0.4 is 16.8 Å². The van der Waals surface area contributed by atoms with Crippen LogP contribution in [0.25, 0.3) is 0 Å². The van der Waals surface area contributed by atoms with Crippen LogP contribution in [-0.4, -0.2) is 33.9 Å². The highest BCUT2D eigenvalue weighted by molar-refractivity contribution is 7.13. The standard InChI is InChI=1S/C9H12N4O4S/c10-6(14)2-1-4(8(16)17)12-7(15)5-3-18-9(11)13-5/h3-4H,1-2H2,(H2,10,14)(H2,11,13)(H,12,15)(H,16,17). The molecule has 9 heteroatoms. The number of rotatable bonds is 6. The second-order valence-electron chi connectivity index (χ2n) is 3.44. The molecule has 0 aliphatic rings. The van der Waals surface area contributed by atoms with Crippen LogP contribution in [0.15, 0.2) is 5.38 Å². The van der Waals surface area contributed by atoms with Crippen molar-refractivity contribution < 1.29 is 19.5 Å². The van der Waals surface area contributed by atoms with E-state index in [4.69, 9.17) is 16.6 Å². The Morgan fingerprint density at radius 1 is 1.50 bits per heavy atom. The number of aliphatic carboxylic acids is 1. The van der Waals surface area contributed by atoms with Gasteiger partial charge in [-0.25, -0.2) is 9.78 Å². The maximum atomic E-state index is 11.6. The highest BCUT2D eigenvalue weighted by Gasteiger charge is 2.22. The second kappa shape index (κ2) is 5.96. The van der Waals surface area contributed by atoms with Crippen molar-refractivity contribution in [1.29, 1.82) is 0 Å². The number of aromatic nitrogens is 1. The van der Waals surface area contributed by atoms with Crippen molar-refractivity contribution in [3.63, 3.8) is 0 Å². The number of primary amides is 1. The van der Waals surface area contributed by atoms with Crippen molar-refractivity contribution in [1.82, 2.24) is 10.3 Å². The molecule has 0 aliphatic heterocycles. The van der Waals surface area contributed by atoms with Crippen LogP contribution in [-0.2, 0) is 9.59 Å². The molecule has 8 nitrogen and oxygen atoms in total. The quantitative estimate of drug-likeness (QED) is 0.531. The molecule has 1 unspecified atom stereocenters. The van der Waals surface area contributed by atoms with Crippen LogP contribution in [0.5, 0.6) is 0 Å². The van der Waals surface area contributed by atoms with Crippen LogP contribution in [0.4, 0.5) is 5.13 Å². The van der Waals surface area contributed by atoms with Gasteiger partial charge in [0, 0.05) is 11.8 Å². The molecule has 1 atom stereocenters. The Morgan fingerprint density at radius 3 is 2.61 bits per heavy atom. The Bertz CT molecular complexity index is 473. The van der Waals surface area contributed by atoms with E-state index in [1.807, 2.05) is 0 Å². The van der Waals surface area contributed by atoms with Gasteiger partial charge in [0.05, 0.1) is 0 Å². The van der Waals surface area contributed by atoms with Gasteiger partial charge in [0.15, 0.2) is 5.13 Å². The minimum Gasteiger partial charge on any atom is -0.480 e. The van der Waals surface area contributed by atoms with Crippen LogP contribution in [0.1, 0.15) is 23.3 Å². The average molecular weight is 272 g/mol. The third kappa shape index (κ3) is 4.01. The number of anilines is 1. The number of carbonyl (C=O) groups is 3. The van der Waals surface area contributed by atoms with Crippen molar-refractivity contribution in [2.75, 3.05) is 5.73 Å². The van der Waals surface area contributed by atoms with Crippen molar-refractivity contribution in [3.8, 4) is 0 Å². The van der Waals surface area contributed by atoms with E-state index in [1.54, 1.807) is 0 Å². The van der Waals surface area contributed by atoms with E-state index in [0.29, 0.717) is 0 Å². The monoisotopic (exact) mass is 272 g/mol. The number of nitrogens with one attached hydrogen (secondary N) is 1. The fourth-order valence-corrected chi connectivity index (χ4v) is 1.71. The molecular weight excluding hydrogens is 260 g/mol. The maximum Gasteiger partial charge on any atom is 0.326 e. The van der Waals surface area contributed by atoms with Crippen molar-refractivity contribution >= 4 is 34.3 Å². The molecule has 1 heterocycles. The lowest BCUT2D eigenvalue weighted by molar-refractivity contribution is -0.139. The van der Waals surface area contributed by atoms with Crippen LogP contribution in [0.2, 0.25) is 0 Å². The number of carbonyl (C=O) groups excluding carboxylic acids is 2. The predicted molar refractivity (Wildman–Crippen MR) is 63.8 cm³/mol. The predicted octanol–water partition coefficient (Wildman–Crippen LogP) is -0.826. The molecule has 0 aromatic carbocycles. The Balaban J connectivity index is 2.63. The third-order valence-electron chi connectivity index (χ3n) is 2.04. The molecule has 0 fully saturated rings. The molecule has 0 spiro atoms. The smallest absolute Gasteiger partial charge is 0.326 e. The lowest BCUT2D eigenvalue weighted by Gasteiger charge is -2.12. The van der Waals surface area contributed by atoms with E-state index in [-0.39, 0.29) is 23.7 Å². The zero-order valence-electron chi connectivity index (χ0n) is 9.25. The molecule has 0 bridgehead atoms. The number of thiazole rings is 1. The summed E-state index contributed by atoms with van der Waals surface area (Å²) in [4.78, 5) is 36.8. The summed E-state index contributed by atoms with van der Waals surface area (Å²) < 4.78 is 0. The molecule has 18 heavy (non-hydrogen) atoms. The van der Waals surface area contributed by atoms with Crippen molar-refractivity contribution in [2.45, 2.75) is 18.9 Å². The number of nitrogens with two attached hydrogens (primary N) is 2. The van der Waals surface area contributed by atoms with E-state index >= 15 is 0 Å². The molecular formula is C9H12N4O4S. The summed E-state index contributed by atoms with van der Waals surface area (Å²) in [6.07, 6.45) is -0.202. The molecule has 1 aromatic rings. The zero-order chi connectivity index (χ0) is 13.7. The lowest BCUT2D eigenvalue weighted by atomic mass is 10.1. The van der Waals surface area contributed by atoms with Crippen molar-refractivity contribution in [3.05, 3.63) is 11.1 Å². The van der Waals surface area contributed by atoms with Gasteiger partial charge in [-0.1, -0.05) is 0 Å². The fraction of sp³-hybridized carbons (Fsp3) is 0.333. The Morgan fingerprint density at radius 2 is 2.17 bits per heavy atom. The van der Waals surface area contributed by atoms with Gasteiger partial charge in [-0.05, 0) is 6.42 Å². The first-order chi connectivity index (χ1) is 8.40. The van der Waals surface area contributed by atoms with Gasteiger partial charge in [-0.15, -0.1) is 11.3 Å². The van der Waals surface area contributed by atoms with Crippen molar-refractivity contribution in [2.24, 2.45) is 5.73 Å². The molecule has 2 amide bonds. The maximum absolute atomic E-state index is 11.6. The van der Waals surface area contributed by atoms with Gasteiger partial charge in [-0.2, -0.15) is 0 Å². The Labute approximate surface area is 106 Å². The Kier molecular flexibility index (Phi) is 4.60. The van der Waals surface area contributed by atoms with E-state index in [2.05, 4.69) is 10.3 Å². The number of nitrogen functional groups attached to an aromatic ring is 1. The number of carboxylic acid groups (broad SMARTS) is 1. The van der Waals surface area contributed by atoms with Gasteiger partial charge in [-0.3, -0.25) is 9.59 Å². The van der Waals surface area contributed by atoms with Crippen LogP contribution in [0.3, 0.4) is 0 Å². The number of nitrogens with zero attached hydrogens (tertiary/aromatic N) is 1. The van der Waals surface area contributed by atoms with E-state index in [9.17, 15) is 14.4 Å². The molecule has 1 rings (SSSR count). The van der Waals surface area contributed by atoms with Crippen LogP contribution in [0, 0.1) is 0 Å². The molecule has 6 N–H and O–H groups in total.